The van der Waals surface area contributed by atoms with Crippen molar-refractivity contribution in [2.24, 2.45) is 0 Å². The molecule has 148 valence electrons. The second kappa shape index (κ2) is 8.23. The average Bonchev–Trinajstić information content (AvgIpc) is 3.00. The fourth-order valence-electron chi connectivity index (χ4n) is 4.32. The molecule has 2 aromatic rings. The maximum atomic E-state index is 12.8. The largest absolute Gasteiger partial charge is 0.490 e. The molecule has 5 nitrogen and oxygen atoms in total. The fraction of sp³-hybridized carbons (Fsp3) is 0.435. The molecule has 1 unspecified atom stereocenters. The van der Waals surface area contributed by atoms with Crippen molar-refractivity contribution in [3.05, 3.63) is 53.1 Å². The highest BCUT2D eigenvalue weighted by molar-refractivity contribution is 5.93. The molecule has 2 aliphatic heterocycles. The molecule has 1 fully saturated rings. The minimum absolute atomic E-state index is 0.0774. The molecule has 4 rings (SSSR count). The summed E-state index contributed by atoms with van der Waals surface area (Å²) >= 11 is 0. The maximum Gasteiger partial charge on any atom is 0.279 e. The second-order valence-corrected chi connectivity index (χ2v) is 7.85. The van der Waals surface area contributed by atoms with E-state index in [2.05, 4.69) is 17.4 Å². The molecule has 2 aliphatic rings. The number of fused-ring (bicyclic) bond motifs is 1. The molecule has 2 N–H and O–H groups in total. The van der Waals surface area contributed by atoms with Crippen molar-refractivity contribution in [3.63, 3.8) is 0 Å². The van der Waals surface area contributed by atoms with Crippen LogP contribution in [0.2, 0.25) is 0 Å². The molecule has 2 aromatic carbocycles. The quantitative estimate of drug-likeness (QED) is 0.856. The molecule has 1 amide bonds. The zero-order valence-corrected chi connectivity index (χ0v) is 16.7. The fourth-order valence-corrected chi connectivity index (χ4v) is 4.32. The van der Waals surface area contributed by atoms with Gasteiger partial charge in [-0.05, 0) is 43.2 Å². The van der Waals surface area contributed by atoms with Crippen LogP contribution >= 0.6 is 0 Å². The van der Waals surface area contributed by atoms with Gasteiger partial charge >= 0.3 is 0 Å². The van der Waals surface area contributed by atoms with Gasteiger partial charge in [0, 0.05) is 30.5 Å². The van der Waals surface area contributed by atoms with Gasteiger partial charge < -0.3 is 19.7 Å². The number of hydrogen-bond acceptors (Lipinski definition) is 3. The van der Waals surface area contributed by atoms with Crippen LogP contribution in [-0.2, 0) is 4.79 Å². The summed E-state index contributed by atoms with van der Waals surface area (Å²) in [5.41, 5.74) is 4.38. The van der Waals surface area contributed by atoms with E-state index in [1.807, 2.05) is 38.1 Å². The van der Waals surface area contributed by atoms with E-state index in [1.54, 1.807) is 0 Å². The topological polar surface area (TPSA) is 52.0 Å². The summed E-state index contributed by atoms with van der Waals surface area (Å²) in [6.07, 6.45) is 3.13. The number of hydrogen-bond donors (Lipinski definition) is 2. The Morgan fingerprint density at radius 1 is 1.07 bits per heavy atom. The van der Waals surface area contributed by atoms with Crippen LogP contribution in [0.4, 0.5) is 5.69 Å². The lowest BCUT2D eigenvalue weighted by Gasteiger charge is -2.22. The molecule has 5 heteroatoms. The number of carbonyl (C=O) groups is 1. The first kappa shape index (κ1) is 18.8. The highest BCUT2D eigenvalue weighted by atomic mass is 16.5. The van der Waals surface area contributed by atoms with Gasteiger partial charge in [0.1, 0.15) is 6.04 Å². The summed E-state index contributed by atoms with van der Waals surface area (Å²) in [6, 6.07) is 12.7. The summed E-state index contributed by atoms with van der Waals surface area (Å²) in [5, 5.41) is 3.13. The number of likely N-dealkylation sites (tertiary alicyclic amines) is 1. The average molecular weight is 381 g/mol. The number of quaternary nitrogens is 1. The molecule has 0 aromatic heterocycles. The van der Waals surface area contributed by atoms with Crippen LogP contribution in [0, 0.1) is 13.8 Å². The first-order chi connectivity index (χ1) is 13.6. The van der Waals surface area contributed by atoms with E-state index in [1.165, 1.54) is 10.5 Å². The molecular weight excluding hydrogens is 352 g/mol. The Morgan fingerprint density at radius 3 is 2.61 bits per heavy atom. The summed E-state index contributed by atoms with van der Waals surface area (Å²) in [6.45, 7) is 6.95. The number of benzene rings is 2. The van der Waals surface area contributed by atoms with E-state index in [0.717, 1.165) is 54.1 Å². The minimum Gasteiger partial charge on any atom is -0.490 e. The van der Waals surface area contributed by atoms with Gasteiger partial charge in [-0.25, -0.2) is 0 Å². The predicted molar refractivity (Wildman–Crippen MR) is 109 cm³/mol. The number of amides is 1. The van der Waals surface area contributed by atoms with Crippen molar-refractivity contribution in [2.75, 3.05) is 31.6 Å². The molecular formula is C23H29N2O3+. The number of rotatable bonds is 4. The highest BCUT2D eigenvalue weighted by Crippen LogP contribution is 2.33. The molecule has 0 bridgehead atoms. The Hall–Kier alpha value is -2.53. The molecule has 2 atom stereocenters. The predicted octanol–water partition coefficient (Wildman–Crippen LogP) is 2.82. The molecule has 0 radical (unpaired) electrons. The van der Waals surface area contributed by atoms with Crippen LogP contribution in [0.3, 0.4) is 0 Å². The van der Waals surface area contributed by atoms with E-state index in [0.29, 0.717) is 25.8 Å². The Balaban J connectivity index is 1.46. The van der Waals surface area contributed by atoms with E-state index in [-0.39, 0.29) is 5.91 Å². The van der Waals surface area contributed by atoms with Crippen molar-refractivity contribution >= 4 is 11.6 Å². The van der Waals surface area contributed by atoms with Crippen molar-refractivity contribution < 1.29 is 19.2 Å². The van der Waals surface area contributed by atoms with Crippen molar-refractivity contribution in [1.29, 1.82) is 0 Å². The number of carbonyl (C=O) groups excluding carboxylic acids is 1. The summed E-state index contributed by atoms with van der Waals surface area (Å²) in [4.78, 5) is 14.1. The number of aryl methyl sites for hydroxylation is 2. The third-order valence-corrected chi connectivity index (χ3v) is 5.79. The van der Waals surface area contributed by atoms with Crippen LogP contribution in [0.5, 0.6) is 11.5 Å². The SMILES string of the molecule is Cc1cccc(C)c1NC(=O)C[NH+]1CCC[C@H]1c1ccc2c(c1)OCCCO2. The van der Waals surface area contributed by atoms with Gasteiger partial charge in [-0.1, -0.05) is 18.2 Å². The maximum absolute atomic E-state index is 12.8. The number of nitrogens with one attached hydrogen (secondary N) is 2. The first-order valence-corrected chi connectivity index (χ1v) is 10.2. The Morgan fingerprint density at radius 2 is 1.82 bits per heavy atom. The van der Waals surface area contributed by atoms with Crippen LogP contribution in [-0.4, -0.2) is 32.2 Å². The van der Waals surface area contributed by atoms with Gasteiger partial charge in [-0.3, -0.25) is 4.79 Å². The molecule has 2 heterocycles. The molecule has 28 heavy (non-hydrogen) atoms. The molecule has 0 saturated carbocycles. The van der Waals surface area contributed by atoms with Crippen LogP contribution in [0.1, 0.15) is 42.0 Å². The van der Waals surface area contributed by atoms with Gasteiger partial charge in [0.05, 0.1) is 19.8 Å². The Labute approximate surface area is 166 Å². The number of ether oxygens (including phenoxy) is 2. The van der Waals surface area contributed by atoms with Gasteiger partial charge in [0.2, 0.25) is 0 Å². The normalized spacial score (nSPS) is 21.2. The van der Waals surface area contributed by atoms with Crippen molar-refractivity contribution in [1.82, 2.24) is 0 Å². The van der Waals surface area contributed by atoms with Crippen LogP contribution < -0.4 is 19.7 Å². The van der Waals surface area contributed by atoms with Crippen molar-refractivity contribution in [2.45, 2.75) is 39.2 Å². The van der Waals surface area contributed by atoms with Crippen LogP contribution in [0.15, 0.2) is 36.4 Å². The highest BCUT2D eigenvalue weighted by Gasteiger charge is 2.32. The molecule has 0 spiro atoms. The van der Waals surface area contributed by atoms with Gasteiger partial charge in [0.15, 0.2) is 18.0 Å². The standard InChI is InChI=1S/C23H28N2O3/c1-16-6-3-7-17(2)23(16)24-22(26)15-25-11-4-8-19(25)18-9-10-20-21(14-18)28-13-5-12-27-20/h3,6-7,9-10,14,19H,4-5,8,11-13,15H2,1-2H3,(H,24,26)/p+1/t19-/m0/s1. The first-order valence-electron chi connectivity index (χ1n) is 10.2. The second-order valence-electron chi connectivity index (χ2n) is 7.85. The monoisotopic (exact) mass is 381 g/mol. The Bertz CT molecular complexity index is 845. The summed E-state index contributed by atoms with van der Waals surface area (Å²) < 4.78 is 11.6. The lowest BCUT2D eigenvalue weighted by atomic mass is 10.0. The molecule has 1 saturated heterocycles. The van der Waals surface area contributed by atoms with Gasteiger partial charge in [0.25, 0.3) is 5.91 Å². The minimum atomic E-state index is 0.0774. The summed E-state index contributed by atoms with van der Waals surface area (Å²) in [7, 11) is 0. The van der Waals surface area contributed by atoms with Crippen molar-refractivity contribution in [3.8, 4) is 11.5 Å². The zero-order valence-electron chi connectivity index (χ0n) is 16.7. The Kier molecular flexibility index (Phi) is 5.53. The van der Waals surface area contributed by atoms with Crippen LogP contribution in [0.25, 0.3) is 0 Å². The van der Waals surface area contributed by atoms with E-state index >= 15 is 0 Å². The lowest BCUT2D eigenvalue weighted by Crippen LogP contribution is -3.11. The third-order valence-electron chi connectivity index (χ3n) is 5.79. The van der Waals surface area contributed by atoms with E-state index < -0.39 is 0 Å². The van der Waals surface area contributed by atoms with E-state index in [4.69, 9.17) is 9.47 Å². The molecule has 0 aliphatic carbocycles. The van der Waals surface area contributed by atoms with Gasteiger partial charge in [-0.15, -0.1) is 0 Å². The summed E-state index contributed by atoms with van der Waals surface area (Å²) in [5.74, 6) is 1.74. The van der Waals surface area contributed by atoms with Gasteiger partial charge in [-0.2, -0.15) is 0 Å². The third kappa shape index (κ3) is 3.99. The lowest BCUT2D eigenvalue weighted by molar-refractivity contribution is -0.910. The van der Waals surface area contributed by atoms with E-state index in [9.17, 15) is 4.79 Å². The zero-order chi connectivity index (χ0) is 19.5. The number of para-hydroxylation sites is 1. The number of anilines is 1. The smallest absolute Gasteiger partial charge is 0.279 e.